The van der Waals surface area contributed by atoms with E-state index in [1.165, 1.54) is 18.3 Å². The summed E-state index contributed by atoms with van der Waals surface area (Å²) >= 11 is 0. The van der Waals surface area contributed by atoms with Gasteiger partial charge in [-0.15, -0.1) is 0 Å². The molecule has 3 aromatic carbocycles. The number of ether oxygens (including phenoxy) is 1. The zero-order valence-corrected chi connectivity index (χ0v) is 16.8. The van der Waals surface area contributed by atoms with Crippen molar-refractivity contribution in [2.75, 3.05) is 0 Å². The second-order valence-corrected chi connectivity index (χ2v) is 6.96. The van der Waals surface area contributed by atoms with Gasteiger partial charge in [-0.3, -0.25) is 0 Å². The van der Waals surface area contributed by atoms with Gasteiger partial charge >= 0.3 is 12.3 Å². The van der Waals surface area contributed by atoms with Gasteiger partial charge in [-0.25, -0.2) is 18.7 Å². The third-order valence-corrected chi connectivity index (χ3v) is 4.59. The van der Waals surface area contributed by atoms with Crippen LogP contribution >= 0.6 is 0 Å². The maximum atomic E-state index is 14.6. The number of halogens is 7. The minimum absolute atomic E-state index is 0.221. The molecule has 4 rings (SSSR count). The van der Waals surface area contributed by atoms with E-state index in [1.54, 1.807) is 30.3 Å². The van der Waals surface area contributed by atoms with E-state index in [1.807, 2.05) is 0 Å². The zero-order chi connectivity index (χ0) is 24.5. The van der Waals surface area contributed by atoms with Gasteiger partial charge in [0.1, 0.15) is 17.4 Å². The van der Waals surface area contributed by atoms with E-state index < -0.39 is 41.1 Å². The molecule has 1 heterocycles. The molecule has 0 N–H and O–H groups in total. The number of benzene rings is 3. The van der Waals surface area contributed by atoms with Gasteiger partial charge in [-0.2, -0.15) is 22.0 Å². The highest BCUT2D eigenvalue weighted by atomic mass is 19.4. The molecule has 0 spiro atoms. The van der Waals surface area contributed by atoms with Crippen molar-refractivity contribution >= 4 is 10.8 Å². The predicted molar refractivity (Wildman–Crippen MR) is 109 cm³/mol. The van der Waals surface area contributed by atoms with E-state index in [2.05, 4.69) is 14.7 Å². The summed E-state index contributed by atoms with van der Waals surface area (Å²) in [5.41, 5.74) is 0.133. The number of fused-ring (bicyclic) bond motifs is 1. The predicted octanol–water partition coefficient (Wildman–Crippen LogP) is 6.62. The summed E-state index contributed by atoms with van der Waals surface area (Å²) in [6.07, 6.45) is -6.54. The van der Waals surface area contributed by atoms with Crippen LogP contribution in [0.4, 0.5) is 30.7 Å². The molecule has 34 heavy (non-hydrogen) atoms. The van der Waals surface area contributed by atoms with Crippen molar-refractivity contribution < 1.29 is 35.5 Å². The average Bonchev–Trinajstić information content (AvgIpc) is 2.78. The maximum Gasteiger partial charge on any atom is 0.462 e. The summed E-state index contributed by atoms with van der Waals surface area (Å²) in [6.45, 7) is 0. The molecule has 0 aliphatic rings. The van der Waals surface area contributed by atoms with Crippen molar-refractivity contribution in [2.24, 2.45) is 0 Å². The smallest absolute Gasteiger partial charge is 0.427 e. The lowest BCUT2D eigenvalue weighted by atomic mass is 10.0. The highest BCUT2D eigenvalue weighted by molar-refractivity contribution is 5.86. The summed E-state index contributed by atoms with van der Waals surface area (Å²) in [4.78, 5) is 7.30. The molecule has 0 atom stereocenters. The molecule has 0 saturated heterocycles. The molecule has 172 valence electrons. The van der Waals surface area contributed by atoms with Gasteiger partial charge in [-0.05, 0) is 35.2 Å². The van der Waals surface area contributed by atoms with Gasteiger partial charge in [0.25, 0.3) is 0 Å². The highest BCUT2D eigenvalue weighted by Gasteiger charge is 2.38. The highest BCUT2D eigenvalue weighted by Crippen LogP contribution is 2.33. The summed E-state index contributed by atoms with van der Waals surface area (Å²) in [5, 5.41) is -0.548. The quantitative estimate of drug-likeness (QED) is 0.245. The third kappa shape index (κ3) is 4.93. The van der Waals surface area contributed by atoms with Crippen LogP contribution in [0.2, 0.25) is 0 Å². The standard InChI is InChI=1S/C24H11F7N2O/c25-20-11-15-10-17(6-7-18(15)21(26)19(20)8-9-23(27,28)29)34-24(30,31)22-32-12-16(13-33-22)14-4-2-1-3-5-14/h1-7,10-13H. The van der Waals surface area contributed by atoms with Crippen molar-refractivity contribution in [3.63, 3.8) is 0 Å². The third-order valence-electron chi connectivity index (χ3n) is 4.59. The van der Waals surface area contributed by atoms with Crippen LogP contribution in [-0.2, 0) is 6.11 Å². The normalized spacial score (nSPS) is 11.7. The Morgan fingerprint density at radius 2 is 1.47 bits per heavy atom. The van der Waals surface area contributed by atoms with Crippen LogP contribution in [0.25, 0.3) is 21.9 Å². The molecule has 0 amide bonds. The average molecular weight is 476 g/mol. The molecule has 1 aromatic heterocycles. The largest absolute Gasteiger partial charge is 0.462 e. The lowest BCUT2D eigenvalue weighted by molar-refractivity contribution is -0.191. The van der Waals surface area contributed by atoms with E-state index in [4.69, 9.17) is 0 Å². The SMILES string of the molecule is Fc1cc2cc(OC(F)(F)c3ncc(-c4ccccc4)cn3)ccc2c(F)c1C#CC(F)(F)F. The second-order valence-electron chi connectivity index (χ2n) is 6.96. The summed E-state index contributed by atoms with van der Waals surface area (Å²) < 4.78 is 99.3. The molecule has 3 nitrogen and oxygen atoms in total. The topological polar surface area (TPSA) is 35.0 Å². The van der Waals surface area contributed by atoms with E-state index in [0.717, 1.165) is 29.7 Å². The van der Waals surface area contributed by atoms with Crippen LogP contribution in [-0.4, -0.2) is 16.1 Å². The number of aromatic nitrogens is 2. The molecule has 0 unspecified atom stereocenters. The van der Waals surface area contributed by atoms with Gasteiger partial charge < -0.3 is 4.74 Å². The van der Waals surface area contributed by atoms with Crippen LogP contribution in [0, 0.1) is 23.5 Å². The van der Waals surface area contributed by atoms with Gasteiger partial charge in [0.2, 0.25) is 5.82 Å². The van der Waals surface area contributed by atoms with Crippen LogP contribution in [0.3, 0.4) is 0 Å². The molecule has 0 fully saturated rings. The van der Waals surface area contributed by atoms with Crippen molar-refractivity contribution in [3.8, 4) is 28.7 Å². The molecule has 4 aromatic rings. The Balaban J connectivity index is 1.62. The first-order valence-electron chi connectivity index (χ1n) is 9.50. The van der Waals surface area contributed by atoms with Gasteiger partial charge in [0, 0.05) is 29.3 Å². The number of alkyl halides is 5. The van der Waals surface area contributed by atoms with Crippen LogP contribution < -0.4 is 4.74 Å². The number of nitrogens with zero attached hydrogens (tertiary/aromatic N) is 2. The van der Waals surface area contributed by atoms with Crippen molar-refractivity contribution in [2.45, 2.75) is 12.3 Å². The molecule has 0 aliphatic carbocycles. The summed E-state index contributed by atoms with van der Waals surface area (Å²) in [6, 6.07) is 12.3. The molecular weight excluding hydrogens is 465 g/mol. The van der Waals surface area contributed by atoms with Crippen molar-refractivity contribution in [3.05, 3.63) is 90.0 Å². The Hall–Kier alpha value is -4.13. The van der Waals surface area contributed by atoms with Crippen LogP contribution in [0.5, 0.6) is 5.75 Å². The minimum atomic E-state index is -4.95. The molecule has 0 bridgehead atoms. The lowest BCUT2D eigenvalue weighted by Gasteiger charge is -2.17. The minimum Gasteiger partial charge on any atom is -0.427 e. The first-order chi connectivity index (χ1) is 16.0. The fourth-order valence-electron chi connectivity index (χ4n) is 3.07. The van der Waals surface area contributed by atoms with E-state index in [0.29, 0.717) is 11.6 Å². The van der Waals surface area contributed by atoms with Gasteiger partial charge in [0.15, 0.2) is 0 Å². The van der Waals surface area contributed by atoms with Crippen molar-refractivity contribution in [1.29, 1.82) is 0 Å². The lowest BCUT2D eigenvalue weighted by Crippen LogP contribution is -2.24. The van der Waals surface area contributed by atoms with Gasteiger partial charge in [0.05, 0.1) is 5.56 Å². The fourth-order valence-corrected chi connectivity index (χ4v) is 3.07. The zero-order valence-electron chi connectivity index (χ0n) is 16.8. The monoisotopic (exact) mass is 476 g/mol. The van der Waals surface area contributed by atoms with E-state index >= 15 is 0 Å². The van der Waals surface area contributed by atoms with E-state index in [9.17, 15) is 30.7 Å². The molecule has 0 saturated carbocycles. The summed E-state index contributed by atoms with van der Waals surface area (Å²) in [5.74, 6) is -1.95. The van der Waals surface area contributed by atoms with E-state index in [-0.39, 0.29) is 10.8 Å². The van der Waals surface area contributed by atoms with Gasteiger partial charge in [-0.1, -0.05) is 36.3 Å². The molecular formula is C24H11F7N2O. The molecule has 10 heteroatoms. The summed E-state index contributed by atoms with van der Waals surface area (Å²) in [7, 11) is 0. The fraction of sp³-hybridized carbons (Fsp3) is 0.0833. The first kappa shape index (κ1) is 23.0. The number of hydrogen-bond acceptors (Lipinski definition) is 3. The first-order valence-corrected chi connectivity index (χ1v) is 9.50. The Morgan fingerprint density at radius 3 is 2.12 bits per heavy atom. The Labute approximate surface area is 187 Å². The Kier molecular flexibility index (Phi) is 5.87. The van der Waals surface area contributed by atoms with Crippen LogP contribution in [0.1, 0.15) is 11.4 Å². The number of hydrogen-bond donors (Lipinski definition) is 0. The van der Waals surface area contributed by atoms with Crippen molar-refractivity contribution in [1.82, 2.24) is 9.97 Å². The number of rotatable bonds is 4. The Morgan fingerprint density at radius 1 is 0.794 bits per heavy atom. The molecule has 0 radical (unpaired) electrons. The molecule has 0 aliphatic heterocycles. The second kappa shape index (κ2) is 8.67. The Bertz CT molecular complexity index is 1410. The maximum absolute atomic E-state index is 14.6. The van der Waals surface area contributed by atoms with Crippen LogP contribution in [0.15, 0.2) is 67.0 Å².